The van der Waals surface area contributed by atoms with Gasteiger partial charge in [0.2, 0.25) is 5.91 Å². The van der Waals surface area contributed by atoms with E-state index in [4.69, 9.17) is 21.1 Å². The highest BCUT2D eigenvalue weighted by Crippen LogP contribution is 2.36. The molecule has 0 unspecified atom stereocenters. The number of rotatable bonds is 8. The third-order valence-electron chi connectivity index (χ3n) is 4.48. The van der Waals surface area contributed by atoms with Crippen LogP contribution in [-0.2, 0) is 14.8 Å². The van der Waals surface area contributed by atoms with Crippen LogP contribution in [0.15, 0.2) is 71.6 Å². The van der Waals surface area contributed by atoms with E-state index in [1.807, 2.05) is 0 Å². The van der Waals surface area contributed by atoms with Crippen LogP contribution < -0.4 is 19.1 Å². The molecule has 0 heterocycles. The lowest BCUT2D eigenvalue weighted by molar-refractivity contribution is -0.114. The van der Waals surface area contributed by atoms with Crippen LogP contribution in [0.4, 0.5) is 11.4 Å². The van der Waals surface area contributed by atoms with E-state index in [0.717, 1.165) is 7.88 Å². The van der Waals surface area contributed by atoms with E-state index in [0.29, 0.717) is 27.9 Å². The monoisotopic (exact) mass is 586 g/mol. The van der Waals surface area contributed by atoms with Gasteiger partial charge in [0.05, 0.1) is 35.5 Å². The first-order chi connectivity index (χ1) is 15.3. The van der Waals surface area contributed by atoms with Crippen LogP contribution in [0.5, 0.6) is 11.5 Å². The second-order valence-electron chi connectivity index (χ2n) is 6.54. The van der Waals surface area contributed by atoms with Crippen molar-refractivity contribution in [3.63, 3.8) is 0 Å². The van der Waals surface area contributed by atoms with Gasteiger partial charge in [0.15, 0.2) is 0 Å². The number of methoxy groups -OCH3 is 2. The molecule has 0 bridgehead atoms. The van der Waals surface area contributed by atoms with Crippen LogP contribution in [0.1, 0.15) is 0 Å². The van der Waals surface area contributed by atoms with Crippen molar-refractivity contribution in [1.82, 2.24) is 0 Å². The molecule has 1 amide bonds. The molecule has 3 aromatic carbocycles. The van der Waals surface area contributed by atoms with Gasteiger partial charge in [-0.3, -0.25) is 9.10 Å². The molecule has 0 aliphatic carbocycles. The fourth-order valence-corrected chi connectivity index (χ4v) is 4.95. The molecule has 3 aromatic rings. The average Bonchev–Trinajstić information content (AvgIpc) is 2.79. The molecule has 0 aliphatic heterocycles. The highest BCUT2D eigenvalue weighted by molar-refractivity contribution is 14.1. The molecule has 32 heavy (non-hydrogen) atoms. The molecule has 0 aliphatic rings. The predicted molar refractivity (Wildman–Crippen MR) is 133 cm³/mol. The van der Waals surface area contributed by atoms with Crippen molar-refractivity contribution in [3.05, 3.63) is 75.3 Å². The maximum atomic E-state index is 13.4. The number of hydrogen-bond donors (Lipinski definition) is 1. The van der Waals surface area contributed by atoms with Gasteiger partial charge in [-0.25, -0.2) is 8.42 Å². The molecular formula is C22H20ClIN2O5S. The normalized spacial score (nSPS) is 11.0. The number of hydrogen-bond acceptors (Lipinski definition) is 5. The number of benzene rings is 3. The van der Waals surface area contributed by atoms with Crippen LogP contribution in [0.3, 0.4) is 0 Å². The predicted octanol–water partition coefficient (Wildman–Crippen LogP) is 4.80. The summed E-state index contributed by atoms with van der Waals surface area (Å²) in [5.74, 6) is 0.0933. The fourth-order valence-electron chi connectivity index (χ4n) is 2.92. The van der Waals surface area contributed by atoms with Crippen molar-refractivity contribution in [3.8, 4) is 11.5 Å². The standard InChI is InChI=1S/C22H20ClIN2O5S/c1-30-20-13-19(21(31-2)12-18(20)23)25-22(27)14-26(16-10-8-15(24)9-11-16)32(28,29)17-6-4-3-5-7-17/h3-13H,14H2,1-2H3,(H,25,27). The van der Waals surface area contributed by atoms with Gasteiger partial charge in [0.25, 0.3) is 10.0 Å². The van der Waals surface area contributed by atoms with Gasteiger partial charge >= 0.3 is 0 Å². The van der Waals surface area contributed by atoms with Crippen LogP contribution in [0.2, 0.25) is 5.02 Å². The molecule has 0 spiro atoms. The molecule has 0 fully saturated rings. The number of carbonyl (C=O) groups is 1. The summed E-state index contributed by atoms with van der Waals surface area (Å²) in [6.45, 7) is -0.452. The Kier molecular flexibility index (Phi) is 7.86. The number of amides is 1. The van der Waals surface area contributed by atoms with Crippen molar-refractivity contribution in [2.45, 2.75) is 4.90 Å². The Morgan fingerprint density at radius 2 is 1.62 bits per heavy atom. The molecule has 0 atom stereocenters. The summed E-state index contributed by atoms with van der Waals surface area (Å²) < 4.78 is 39.2. The zero-order valence-corrected chi connectivity index (χ0v) is 20.9. The molecular weight excluding hydrogens is 567 g/mol. The molecule has 7 nitrogen and oxygen atoms in total. The minimum absolute atomic E-state index is 0.0806. The van der Waals surface area contributed by atoms with Gasteiger partial charge in [-0.1, -0.05) is 29.8 Å². The minimum Gasteiger partial charge on any atom is -0.495 e. The molecule has 0 aromatic heterocycles. The van der Waals surface area contributed by atoms with Gasteiger partial charge in [-0.05, 0) is 59.0 Å². The number of sulfonamides is 1. The van der Waals surface area contributed by atoms with E-state index in [1.54, 1.807) is 42.5 Å². The van der Waals surface area contributed by atoms with E-state index in [1.165, 1.54) is 38.5 Å². The lowest BCUT2D eigenvalue weighted by Crippen LogP contribution is -2.38. The average molecular weight is 587 g/mol. The van der Waals surface area contributed by atoms with Crippen molar-refractivity contribution in [1.29, 1.82) is 0 Å². The van der Waals surface area contributed by atoms with Crippen LogP contribution in [0.25, 0.3) is 0 Å². The first-order valence-electron chi connectivity index (χ1n) is 9.31. The van der Waals surface area contributed by atoms with Gasteiger partial charge in [0, 0.05) is 15.7 Å². The third-order valence-corrected chi connectivity index (χ3v) is 7.28. The van der Waals surface area contributed by atoms with Gasteiger partial charge < -0.3 is 14.8 Å². The molecule has 1 N–H and O–H groups in total. The Labute approximate surface area is 205 Å². The summed E-state index contributed by atoms with van der Waals surface area (Å²) in [7, 11) is -1.11. The van der Waals surface area contributed by atoms with Crippen molar-refractivity contribution >= 4 is 61.5 Å². The number of anilines is 2. The van der Waals surface area contributed by atoms with Crippen molar-refractivity contribution < 1.29 is 22.7 Å². The maximum absolute atomic E-state index is 13.4. The van der Waals surface area contributed by atoms with E-state index in [2.05, 4.69) is 27.9 Å². The second kappa shape index (κ2) is 10.4. The number of nitrogens with zero attached hydrogens (tertiary/aromatic N) is 1. The topological polar surface area (TPSA) is 84.9 Å². The lowest BCUT2D eigenvalue weighted by Gasteiger charge is -2.24. The Morgan fingerprint density at radius 3 is 2.22 bits per heavy atom. The number of carbonyl (C=O) groups excluding carboxylic acids is 1. The Balaban J connectivity index is 1.95. The summed E-state index contributed by atoms with van der Waals surface area (Å²) in [5, 5.41) is 3.00. The summed E-state index contributed by atoms with van der Waals surface area (Å²) in [6, 6.07) is 17.8. The first kappa shape index (κ1) is 24.1. The molecule has 0 radical (unpaired) electrons. The van der Waals surface area contributed by atoms with E-state index >= 15 is 0 Å². The first-order valence-corrected chi connectivity index (χ1v) is 12.2. The third kappa shape index (κ3) is 5.45. The number of nitrogens with one attached hydrogen (secondary N) is 1. The Bertz CT molecular complexity index is 1200. The van der Waals surface area contributed by atoms with Crippen LogP contribution in [-0.4, -0.2) is 35.1 Å². The fraction of sp³-hybridized carbons (Fsp3) is 0.136. The van der Waals surface area contributed by atoms with Crippen molar-refractivity contribution in [2.24, 2.45) is 0 Å². The summed E-state index contributed by atoms with van der Waals surface area (Å²) in [5.41, 5.74) is 0.670. The molecule has 168 valence electrons. The zero-order chi connectivity index (χ0) is 23.3. The van der Waals surface area contributed by atoms with E-state index < -0.39 is 22.5 Å². The van der Waals surface area contributed by atoms with Gasteiger partial charge in [0.1, 0.15) is 18.0 Å². The summed E-state index contributed by atoms with van der Waals surface area (Å²) in [6.07, 6.45) is 0. The second-order valence-corrected chi connectivity index (χ2v) is 10.1. The van der Waals surface area contributed by atoms with Gasteiger partial charge in [-0.15, -0.1) is 0 Å². The van der Waals surface area contributed by atoms with Crippen molar-refractivity contribution in [2.75, 3.05) is 30.4 Å². The molecule has 0 saturated heterocycles. The smallest absolute Gasteiger partial charge is 0.264 e. The highest BCUT2D eigenvalue weighted by Gasteiger charge is 2.27. The Morgan fingerprint density at radius 1 is 1.00 bits per heavy atom. The molecule has 0 saturated carbocycles. The van der Waals surface area contributed by atoms with E-state index in [9.17, 15) is 13.2 Å². The van der Waals surface area contributed by atoms with Crippen LogP contribution >= 0.6 is 34.2 Å². The lowest BCUT2D eigenvalue weighted by atomic mass is 10.2. The molecule has 3 rings (SSSR count). The van der Waals surface area contributed by atoms with Crippen LogP contribution in [0, 0.1) is 3.57 Å². The number of halogens is 2. The summed E-state index contributed by atoms with van der Waals surface area (Å²) >= 11 is 8.24. The maximum Gasteiger partial charge on any atom is 0.264 e. The quantitative estimate of drug-likeness (QED) is 0.384. The van der Waals surface area contributed by atoms with Gasteiger partial charge in [-0.2, -0.15) is 0 Å². The minimum atomic E-state index is -4.00. The largest absolute Gasteiger partial charge is 0.495 e. The van der Waals surface area contributed by atoms with E-state index in [-0.39, 0.29) is 4.90 Å². The zero-order valence-electron chi connectivity index (χ0n) is 17.2. The SMILES string of the molecule is COc1cc(NC(=O)CN(c2ccc(I)cc2)S(=O)(=O)c2ccccc2)c(OC)cc1Cl. The Hall–Kier alpha value is -2.50. The molecule has 10 heteroatoms. The number of ether oxygens (including phenoxy) is 2. The summed E-state index contributed by atoms with van der Waals surface area (Å²) in [4.78, 5) is 13.0. The highest BCUT2D eigenvalue weighted by atomic mass is 127.